The molecule has 0 unspecified atom stereocenters. The lowest BCUT2D eigenvalue weighted by molar-refractivity contribution is -0.236. The van der Waals surface area contributed by atoms with Crippen molar-refractivity contribution in [2.24, 2.45) is 0 Å². The molecule has 0 fully saturated rings. The second-order valence-electron chi connectivity index (χ2n) is 1.47. The van der Waals surface area contributed by atoms with Crippen molar-refractivity contribution in [1.82, 2.24) is 0 Å². The first-order chi connectivity index (χ1) is 4.91. The van der Waals surface area contributed by atoms with Crippen molar-refractivity contribution in [3.8, 4) is 0 Å². The topological polar surface area (TPSA) is 38.7 Å². The number of hydrogen-bond donors (Lipinski definition) is 1. The maximum Gasteiger partial charge on any atom is 0.0918 e. The molecule has 0 rings (SSSR count). The molecular formula is C5H12O3S2. The number of methoxy groups -OCH3 is 1. The van der Waals surface area contributed by atoms with Crippen LogP contribution in [0.2, 0.25) is 0 Å². The highest BCUT2D eigenvalue weighted by Crippen LogP contribution is 2.19. The predicted molar refractivity (Wildman–Crippen MR) is 45.4 cm³/mol. The zero-order valence-electron chi connectivity index (χ0n) is 5.91. The summed E-state index contributed by atoms with van der Waals surface area (Å²) in [6, 6.07) is 0. The third-order valence-electron chi connectivity index (χ3n) is 0.712. The number of ether oxygens (including phenoxy) is 1. The minimum Gasteiger partial charge on any atom is -0.384 e. The summed E-state index contributed by atoms with van der Waals surface area (Å²) in [5.74, 6) is 1.79. The molecule has 1 N–H and O–H groups in total. The number of rotatable bonds is 7. The van der Waals surface area contributed by atoms with E-state index in [-0.39, 0.29) is 0 Å². The van der Waals surface area contributed by atoms with Gasteiger partial charge >= 0.3 is 0 Å². The second kappa shape index (κ2) is 9.58. The molecule has 0 spiro atoms. The quantitative estimate of drug-likeness (QED) is 0.281. The fourth-order valence-corrected chi connectivity index (χ4v) is 2.03. The average molecular weight is 184 g/mol. The molecule has 0 bridgehead atoms. The molecule has 0 amide bonds. The van der Waals surface area contributed by atoms with Gasteiger partial charge in [-0.1, -0.05) is 21.6 Å². The number of hydrogen-bond acceptors (Lipinski definition) is 5. The standard InChI is InChI=1S/C5H12O3S2/c1-7-2-4-9-10-5-3-8-6/h6H,2-5H2,1H3. The highest BCUT2D eigenvalue weighted by molar-refractivity contribution is 8.76. The van der Waals surface area contributed by atoms with E-state index >= 15 is 0 Å². The minimum atomic E-state index is 0.394. The van der Waals surface area contributed by atoms with Crippen LogP contribution in [0.15, 0.2) is 0 Å². The van der Waals surface area contributed by atoms with Crippen molar-refractivity contribution in [1.29, 1.82) is 0 Å². The van der Waals surface area contributed by atoms with Crippen LogP contribution in [-0.4, -0.2) is 37.1 Å². The molecular weight excluding hydrogens is 172 g/mol. The largest absolute Gasteiger partial charge is 0.384 e. The van der Waals surface area contributed by atoms with E-state index < -0.39 is 0 Å². The average Bonchev–Trinajstić information content (AvgIpc) is 1.97. The molecule has 3 nitrogen and oxygen atoms in total. The fourth-order valence-electron chi connectivity index (χ4n) is 0.306. The highest BCUT2D eigenvalue weighted by atomic mass is 33.1. The Bertz CT molecular complexity index is 54.9. The summed E-state index contributed by atoms with van der Waals surface area (Å²) in [5.41, 5.74) is 0. The Balaban J connectivity index is 2.65. The first-order valence-corrected chi connectivity index (χ1v) is 5.40. The Morgan fingerprint density at radius 3 is 2.30 bits per heavy atom. The van der Waals surface area contributed by atoms with Crippen LogP contribution >= 0.6 is 21.6 Å². The van der Waals surface area contributed by atoms with Gasteiger partial charge in [0.15, 0.2) is 0 Å². The second-order valence-corrected chi connectivity index (χ2v) is 4.17. The summed E-state index contributed by atoms with van der Waals surface area (Å²) in [7, 11) is 5.07. The zero-order chi connectivity index (χ0) is 7.66. The minimum absolute atomic E-state index is 0.394. The monoisotopic (exact) mass is 184 g/mol. The van der Waals surface area contributed by atoms with E-state index in [0.29, 0.717) is 6.61 Å². The molecule has 0 atom stereocenters. The molecule has 0 saturated carbocycles. The van der Waals surface area contributed by atoms with Crippen molar-refractivity contribution >= 4 is 21.6 Å². The zero-order valence-corrected chi connectivity index (χ0v) is 7.54. The fraction of sp³-hybridized carbons (Fsp3) is 1.00. The van der Waals surface area contributed by atoms with E-state index in [0.717, 1.165) is 18.1 Å². The van der Waals surface area contributed by atoms with Gasteiger partial charge in [-0.25, -0.2) is 4.89 Å². The first-order valence-electron chi connectivity index (χ1n) is 2.91. The lowest BCUT2D eigenvalue weighted by Gasteiger charge is -1.97. The molecule has 62 valence electrons. The van der Waals surface area contributed by atoms with Crippen LogP contribution in [0.1, 0.15) is 0 Å². The summed E-state index contributed by atoms with van der Waals surface area (Å²) in [6.45, 7) is 1.17. The van der Waals surface area contributed by atoms with Crippen LogP contribution in [0.4, 0.5) is 0 Å². The van der Waals surface area contributed by atoms with E-state index in [1.54, 1.807) is 28.7 Å². The van der Waals surface area contributed by atoms with E-state index in [4.69, 9.17) is 9.99 Å². The Labute approximate surface area is 68.8 Å². The highest BCUT2D eigenvalue weighted by Gasteiger charge is 1.89. The smallest absolute Gasteiger partial charge is 0.0918 e. The molecule has 0 aliphatic rings. The summed E-state index contributed by atoms with van der Waals surface area (Å²) in [6.07, 6.45) is 0. The van der Waals surface area contributed by atoms with Crippen molar-refractivity contribution in [2.45, 2.75) is 0 Å². The van der Waals surface area contributed by atoms with Gasteiger partial charge in [-0.3, -0.25) is 5.26 Å². The Morgan fingerprint density at radius 2 is 1.80 bits per heavy atom. The van der Waals surface area contributed by atoms with Gasteiger partial charge in [-0.15, -0.1) is 0 Å². The molecule has 0 radical (unpaired) electrons. The lowest BCUT2D eigenvalue weighted by atomic mass is 10.9. The molecule has 0 aromatic heterocycles. The predicted octanol–water partition coefficient (Wildman–Crippen LogP) is 1.50. The Morgan fingerprint density at radius 1 is 1.20 bits per heavy atom. The van der Waals surface area contributed by atoms with Crippen molar-refractivity contribution < 1.29 is 14.9 Å². The maximum atomic E-state index is 7.92. The molecule has 0 aromatic rings. The van der Waals surface area contributed by atoms with Gasteiger partial charge in [-0.2, -0.15) is 0 Å². The van der Waals surface area contributed by atoms with Gasteiger partial charge in [0.25, 0.3) is 0 Å². The van der Waals surface area contributed by atoms with Crippen LogP contribution in [-0.2, 0) is 9.62 Å². The summed E-state index contributed by atoms with van der Waals surface area (Å²) < 4.78 is 4.83. The molecule has 10 heavy (non-hydrogen) atoms. The molecule has 0 aromatic carbocycles. The van der Waals surface area contributed by atoms with Crippen molar-refractivity contribution in [3.05, 3.63) is 0 Å². The van der Waals surface area contributed by atoms with Crippen LogP contribution in [0.25, 0.3) is 0 Å². The molecule has 5 heteroatoms. The summed E-state index contributed by atoms with van der Waals surface area (Å²) >= 11 is 0. The normalized spacial score (nSPS) is 10.2. The SMILES string of the molecule is COCCSSCCOO. The van der Waals surface area contributed by atoms with E-state index in [2.05, 4.69) is 4.89 Å². The van der Waals surface area contributed by atoms with Crippen LogP contribution in [0.3, 0.4) is 0 Å². The maximum absolute atomic E-state index is 7.92. The van der Waals surface area contributed by atoms with Gasteiger partial charge < -0.3 is 4.74 Å². The molecule has 0 saturated heterocycles. The third-order valence-corrected chi connectivity index (χ3v) is 3.05. The van der Waals surface area contributed by atoms with Crippen LogP contribution < -0.4 is 0 Å². The summed E-state index contributed by atoms with van der Waals surface area (Å²) in [4.78, 5) is 3.88. The van der Waals surface area contributed by atoms with Crippen molar-refractivity contribution in [2.75, 3.05) is 31.8 Å². The lowest BCUT2D eigenvalue weighted by Crippen LogP contribution is -1.92. The van der Waals surface area contributed by atoms with Gasteiger partial charge in [-0.05, 0) is 0 Å². The molecule has 0 aliphatic heterocycles. The van der Waals surface area contributed by atoms with E-state index in [1.165, 1.54) is 0 Å². The molecule has 0 heterocycles. The van der Waals surface area contributed by atoms with Crippen molar-refractivity contribution in [3.63, 3.8) is 0 Å². The first kappa shape index (κ1) is 10.6. The molecule has 0 aliphatic carbocycles. The van der Waals surface area contributed by atoms with Gasteiger partial charge in [0.1, 0.15) is 0 Å². The van der Waals surface area contributed by atoms with Gasteiger partial charge in [0.2, 0.25) is 0 Å². The van der Waals surface area contributed by atoms with Crippen LogP contribution in [0.5, 0.6) is 0 Å². The van der Waals surface area contributed by atoms with Crippen LogP contribution in [0, 0.1) is 0 Å². The Kier molecular flexibility index (Phi) is 10.1. The van der Waals surface area contributed by atoms with E-state index in [1.807, 2.05) is 0 Å². The third kappa shape index (κ3) is 8.58. The van der Waals surface area contributed by atoms with Gasteiger partial charge in [0.05, 0.1) is 13.2 Å². The van der Waals surface area contributed by atoms with E-state index in [9.17, 15) is 0 Å². The van der Waals surface area contributed by atoms with Gasteiger partial charge in [0, 0.05) is 18.6 Å². The summed E-state index contributed by atoms with van der Waals surface area (Å²) in [5, 5.41) is 7.92. The Hall–Kier alpha value is 0.580.